The molecule has 0 spiro atoms. The second-order valence-electron chi connectivity index (χ2n) is 5.94. The highest BCUT2D eigenvalue weighted by molar-refractivity contribution is 5.92. The van der Waals surface area contributed by atoms with E-state index in [2.05, 4.69) is 10.2 Å². The van der Waals surface area contributed by atoms with Crippen LogP contribution in [0.2, 0.25) is 0 Å². The van der Waals surface area contributed by atoms with Crippen molar-refractivity contribution in [3.8, 4) is 5.75 Å². The molecule has 2 rings (SSSR count). The van der Waals surface area contributed by atoms with Crippen LogP contribution < -0.4 is 15.8 Å². The molecule has 21 heavy (non-hydrogen) atoms. The van der Waals surface area contributed by atoms with Gasteiger partial charge in [-0.25, -0.2) is 0 Å². The van der Waals surface area contributed by atoms with Crippen LogP contribution in [0, 0.1) is 5.92 Å². The van der Waals surface area contributed by atoms with Crippen LogP contribution in [0.4, 0.5) is 5.69 Å². The van der Waals surface area contributed by atoms with E-state index >= 15 is 0 Å². The van der Waals surface area contributed by atoms with E-state index in [0.717, 1.165) is 37.2 Å². The number of nitrogens with one attached hydrogen (secondary N) is 1. The summed E-state index contributed by atoms with van der Waals surface area (Å²) >= 11 is 0. The molecule has 0 heterocycles. The molecule has 2 unspecified atom stereocenters. The molecule has 2 atom stereocenters. The van der Waals surface area contributed by atoms with Crippen molar-refractivity contribution in [2.24, 2.45) is 11.7 Å². The fraction of sp³-hybridized carbons (Fsp3) is 0.562. The van der Waals surface area contributed by atoms with Gasteiger partial charge in [0.25, 0.3) is 0 Å². The van der Waals surface area contributed by atoms with Gasteiger partial charge in [-0.05, 0) is 57.6 Å². The Morgan fingerprint density at radius 3 is 2.62 bits per heavy atom. The first-order valence-corrected chi connectivity index (χ1v) is 7.48. The molecule has 1 aliphatic carbocycles. The first-order valence-electron chi connectivity index (χ1n) is 7.48. The molecule has 1 amide bonds. The third kappa shape index (κ3) is 5.02. The van der Waals surface area contributed by atoms with Crippen molar-refractivity contribution < 1.29 is 9.53 Å². The Morgan fingerprint density at radius 2 is 2.05 bits per heavy atom. The summed E-state index contributed by atoms with van der Waals surface area (Å²) in [6.07, 6.45) is 2.62. The number of rotatable bonds is 6. The number of anilines is 1. The molecule has 0 bridgehead atoms. The first kappa shape index (κ1) is 15.8. The summed E-state index contributed by atoms with van der Waals surface area (Å²) in [4.78, 5) is 14.2. The second-order valence-corrected chi connectivity index (χ2v) is 5.94. The minimum Gasteiger partial charge on any atom is -0.492 e. The van der Waals surface area contributed by atoms with Gasteiger partial charge < -0.3 is 20.7 Å². The lowest BCUT2D eigenvalue weighted by atomic mass is 10.1. The molecule has 0 aromatic heterocycles. The summed E-state index contributed by atoms with van der Waals surface area (Å²) < 4.78 is 5.62. The van der Waals surface area contributed by atoms with Gasteiger partial charge in [0.15, 0.2) is 0 Å². The normalized spacial score (nSPS) is 21.5. The highest BCUT2D eigenvalue weighted by Gasteiger charge is 2.27. The maximum atomic E-state index is 12.1. The maximum Gasteiger partial charge on any atom is 0.227 e. The summed E-state index contributed by atoms with van der Waals surface area (Å²) in [7, 11) is 4.02. The van der Waals surface area contributed by atoms with Gasteiger partial charge >= 0.3 is 0 Å². The van der Waals surface area contributed by atoms with E-state index in [4.69, 9.17) is 10.5 Å². The van der Waals surface area contributed by atoms with Gasteiger partial charge in [0.05, 0.1) is 0 Å². The number of amides is 1. The summed E-state index contributed by atoms with van der Waals surface area (Å²) in [5.41, 5.74) is 6.65. The third-order valence-electron chi connectivity index (χ3n) is 3.77. The zero-order valence-electron chi connectivity index (χ0n) is 12.8. The molecule has 116 valence electrons. The van der Waals surface area contributed by atoms with Crippen molar-refractivity contribution in [1.29, 1.82) is 0 Å². The predicted molar refractivity (Wildman–Crippen MR) is 84.4 cm³/mol. The van der Waals surface area contributed by atoms with Gasteiger partial charge in [0.2, 0.25) is 5.91 Å². The molecule has 1 saturated carbocycles. The predicted octanol–water partition coefficient (Wildman–Crippen LogP) is 1.69. The Morgan fingerprint density at radius 1 is 1.33 bits per heavy atom. The number of benzene rings is 1. The number of nitrogens with two attached hydrogens (primary N) is 1. The van der Waals surface area contributed by atoms with Gasteiger partial charge in [-0.15, -0.1) is 0 Å². The Labute approximate surface area is 126 Å². The highest BCUT2D eigenvalue weighted by atomic mass is 16.5. The number of carbonyl (C=O) groups excluding carboxylic acids is 1. The SMILES string of the molecule is CN(C)CCOc1ccc(NC(=O)C2CCC(N)C2)cc1. The second kappa shape index (κ2) is 7.43. The summed E-state index contributed by atoms with van der Waals surface area (Å²) in [6, 6.07) is 7.68. The van der Waals surface area contributed by atoms with E-state index in [9.17, 15) is 4.79 Å². The van der Waals surface area contributed by atoms with E-state index in [1.54, 1.807) is 0 Å². The smallest absolute Gasteiger partial charge is 0.227 e. The quantitative estimate of drug-likeness (QED) is 0.837. The zero-order valence-corrected chi connectivity index (χ0v) is 12.8. The van der Waals surface area contributed by atoms with Crippen molar-refractivity contribution >= 4 is 11.6 Å². The van der Waals surface area contributed by atoms with Gasteiger partial charge in [0, 0.05) is 24.2 Å². The van der Waals surface area contributed by atoms with Crippen LogP contribution in [0.3, 0.4) is 0 Å². The van der Waals surface area contributed by atoms with Crippen molar-refractivity contribution in [3.63, 3.8) is 0 Å². The van der Waals surface area contributed by atoms with Gasteiger partial charge in [0.1, 0.15) is 12.4 Å². The standard InChI is InChI=1S/C16H25N3O2/c1-19(2)9-10-21-15-7-5-14(6-8-15)18-16(20)12-3-4-13(17)11-12/h5-8,12-13H,3-4,9-11,17H2,1-2H3,(H,18,20). The number of hydrogen-bond acceptors (Lipinski definition) is 4. The maximum absolute atomic E-state index is 12.1. The molecule has 1 aromatic carbocycles. The summed E-state index contributed by atoms with van der Waals surface area (Å²) in [6.45, 7) is 1.53. The molecular weight excluding hydrogens is 266 g/mol. The van der Waals surface area contributed by atoms with Crippen LogP contribution in [0.15, 0.2) is 24.3 Å². The molecule has 3 N–H and O–H groups in total. The number of carbonyl (C=O) groups is 1. The minimum atomic E-state index is 0.0519. The lowest BCUT2D eigenvalue weighted by molar-refractivity contribution is -0.119. The van der Waals surface area contributed by atoms with Crippen molar-refractivity contribution in [3.05, 3.63) is 24.3 Å². The van der Waals surface area contributed by atoms with Crippen LogP contribution in [0.25, 0.3) is 0 Å². The molecule has 0 aliphatic heterocycles. The Hall–Kier alpha value is -1.59. The van der Waals surface area contributed by atoms with Crippen LogP contribution in [0.1, 0.15) is 19.3 Å². The Kier molecular flexibility index (Phi) is 5.59. The topological polar surface area (TPSA) is 67.6 Å². The van der Waals surface area contributed by atoms with Crippen LogP contribution >= 0.6 is 0 Å². The van der Waals surface area contributed by atoms with E-state index in [-0.39, 0.29) is 17.9 Å². The van der Waals surface area contributed by atoms with Gasteiger partial charge in [-0.2, -0.15) is 0 Å². The lowest BCUT2D eigenvalue weighted by Crippen LogP contribution is -2.23. The van der Waals surface area contributed by atoms with Crippen molar-refractivity contribution in [1.82, 2.24) is 4.90 Å². The highest BCUT2D eigenvalue weighted by Crippen LogP contribution is 2.25. The fourth-order valence-electron chi connectivity index (χ4n) is 2.48. The zero-order chi connectivity index (χ0) is 15.2. The molecule has 1 aromatic rings. The molecule has 1 aliphatic rings. The molecular formula is C16H25N3O2. The summed E-state index contributed by atoms with van der Waals surface area (Å²) in [5, 5.41) is 2.95. The number of hydrogen-bond donors (Lipinski definition) is 2. The van der Waals surface area contributed by atoms with E-state index in [1.165, 1.54) is 0 Å². The fourth-order valence-corrected chi connectivity index (χ4v) is 2.48. The molecule has 5 heteroatoms. The first-order chi connectivity index (χ1) is 10.0. The van der Waals surface area contributed by atoms with Crippen molar-refractivity contribution in [2.75, 3.05) is 32.6 Å². The van der Waals surface area contributed by atoms with E-state index in [0.29, 0.717) is 6.61 Å². The number of likely N-dealkylation sites (N-methyl/N-ethyl adjacent to an activating group) is 1. The largest absolute Gasteiger partial charge is 0.492 e. The van der Waals surface area contributed by atoms with Crippen LogP contribution in [0.5, 0.6) is 5.75 Å². The molecule has 1 fully saturated rings. The van der Waals surface area contributed by atoms with Gasteiger partial charge in [-0.1, -0.05) is 0 Å². The van der Waals surface area contributed by atoms with E-state index in [1.807, 2.05) is 38.4 Å². The van der Waals surface area contributed by atoms with Gasteiger partial charge in [-0.3, -0.25) is 4.79 Å². The van der Waals surface area contributed by atoms with E-state index < -0.39 is 0 Å². The third-order valence-corrected chi connectivity index (χ3v) is 3.77. The average Bonchev–Trinajstić information content (AvgIpc) is 2.87. The molecule has 0 saturated heterocycles. The van der Waals surface area contributed by atoms with Crippen LogP contribution in [-0.2, 0) is 4.79 Å². The molecule has 5 nitrogen and oxygen atoms in total. The van der Waals surface area contributed by atoms with Crippen molar-refractivity contribution in [2.45, 2.75) is 25.3 Å². The molecule has 0 radical (unpaired) electrons. The van der Waals surface area contributed by atoms with Crippen LogP contribution in [-0.4, -0.2) is 44.1 Å². The minimum absolute atomic E-state index is 0.0519. The number of nitrogens with zero attached hydrogens (tertiary/aromatic N) is 1. The lowest BCUT2D eigenvalue weighted by Gasteiger charge is -2.13. The monoisotopic (exact) mass is 291 g/mol. The summed E-state index contributed by atoms with van der Waals surface area (Å²) in [5.74, 6) is 0.943. The number of ether oxygens (including phenoxy) is 1. The Bertz CT molecular complexity index is 459. The Balaban J connectivity index is 1.80. The average molecular weight is 291 g/mol.